The Labute approximate surface area is 122 Å². The van der Waals surface area contributed by atoms with Crippen LogP contribution in [0.15, 0.2) is 0 Å². The Hall–Kier alpha value is 0.167. The zero-order chi connectivity index (χ0) is 15.9. The standard InChI is InChI=1S/C10H26NO7PSi/c1-11(2,3)7-8-17-19(12,13)18-9-10-20(14-4,15-5)16-6/h7-10H2,1-6H3/p+1. The average Bonchev–Trinajstić information content (AvgIpc) is 2.33. The van der Waals surface area contributed by atoms with Gasteiger partial charge in [-0.15, -0.1) is 0 Å². The average molecular weight is 332 g/mol. The molecule has 0 aliphatic rings. The molecule has 0 bridgehead atoms. The highest BCUT2D eigenvalue weighted by Crippen LogP contribution is 2.43. The van der Waals surface area contributed by atoms with Crippen LogP contribution >= 0.6 is 7.82 Å². The van der Waals surface area contributed by atoms with Crippen LogP contribution in [0.1, 0.15) is 0 Å². The number of likely N-dealkylation sites (N-methyl/N-ethyl adjacent to an activating group) is 1. The number of phosphoric ester groups is 1. The van der Waals surface area contributed by atoms with Crippen molar-refractivity contribution in [2.45, 2.75) is 6.04 Å². The Morgan fingerprint density at radius 3 is 1.85 bits per heavy atom. The van der Waals surface area contributed by atoms with Crippen LogP contribution in [0.3, 0.4) is 0 Å². The summed E-state index contributed by atoms with van der Waals surface area (Å²) in [6.07, 6.45) is 0. The zero-order valence-corrected chi connectivity index (χ0v) is 15.0. The van der Waals surface area contributed by atoms with Gasteiger partial charge in [-0.25, -0.2) is 4.57 Å². The zero-order valence-electron chi connectivity index (χ0n) is 13.1. The second-order valence-corrected chi connectivity index (χ2v) is 9.74. The summed E-state index contributed by atoms with van der Waals surface area (Å²) in [7, 11) is 3.44. The summed E-state index contributed by atoms with van der Waals surface area (Å²) in [6.45, 7) is 0.694. The lowest BCUT2D eigenvalue weighted by atomic mass is 10.5. The molecule has 0 amide bonds. The molecule has 0 fully saturated rings. The minimum atomic E-state index is -4.05. The van der Waals surface area contributed by atoms with E-state index in [1.165, 1.54) is 21.3 Å². The Morgan fingerprint density at radius 2 is 1.45 bits per heavy atom. The number of hydrogen-bond acceptors (Lipinski definition) is 6. The molecule has 10 heteroatoms. The molecule has 1 N–H and O–H groups in total. The third-order valence-electron chi connectivity index (χ3n) is 2.61. The first-order chi connectivity index (χ1) is 9.10. The molecule has 0 aliphatic heterocycles. The summed E-state index contributed by atoms with van der Waals surface area (Å²) in [4.78, 5) is 9.52. The van der Waals surface area contributed by atoms with Crippen molar-refractivity contribution in [3.63, 3.8) is 0 Å². The summed E-state index contributed by atoms with van der Waals surface area (Å²) in [5, 5.41) is 0. The maximum absolute atomic E-state index is 11.6. The maximum Gasteiger partial charge on any atom is 0.502 e. The summed E-state index contributed by atoms with van der Waals surface area (Å²) in [6, 6.07) is 0.264. The third-order valence-corrected chi connectivity index (χ3v) is 6.31. The maximum atomic E-state index is 11.6. The molecule has 0 rings (SSSR count). The van der Waals surface area contributed by atoms with E-state index in [1.807, 2.05) is 21.1 Å². The predicted octanol–water partition coefficient (Wildman–Crippen LogP) is 0.704. The summed E-state index contributed by atoms with van der Waals surface area (Å²) >= 11 is 0. The lowest BCUT2D eigenvalue weighted by Gasteiger charge is -2.25. The number of rotatable bonds is 11. The smallest absolute Gasteiger partial charge is 0.377 e. The number of phosphoric acid groups is 1. The normalized spacial score (nSPS) is 16.1. The summed E-state index contributed by atoms with van der Waals surface area (Å²) in [5.41, 5.74) is 0. The van der Waals surface area contributed by atoms with Crippen LogP contribution < -0.4 is 0 Å². The van der Waals surface area contributed by atoms with Crippen molar-refractivity contribution in [3.8, 4) is 0 Å². The van der Waals surface area contributed by atoms with E-state index < -0.39 is 16.6 Å². The van der Waals surface area contributed by atoms with Gasteiger partial charge in [0.2, 0.25) is 0 Å². The largest absolute Gasteiger partial charge is 0.502 e. The molecule has 0 saturated heterocycles. The highest BCUT2D eigenvalue weighted by molar-refractivity contribution is 7.47. The van der Waals surface area contributed by atoms with Crippen LogP contribution in [-0.2, 0) is 26.9 Å². The van der Waals surface area contributed by atoms with Crippen molar-refractivity contribution in [3.05, 3.63) is 0 Å². The van der Waals surface area contributed by atoms with Crippen molar-refractivity contribution in [2.24, 2.45) is 0 Å². The highest BCUT2D eigenvalue weighted by atomic mass is 31.2. The van der Waals surface area contributed by atoms with Gasteiger partial charge in [0.1, 0.15) is 13.2 Å². The first kappa shape index (κ1) is 20.2. The Balaban J connectivity index is 4.13. The monoisotopic (exact) mass is 332 g/mol. The molecule has 0 aromatic carbocycles. The van der Waals surface area contributed by atoms with Crippen LogP contribution in [0.25, 0.3) is 0 Å². The van der Waals surface area contributed by atoms with Crippen LogP contribution in [0.2, 0.25) is 6.04 Å². The van der Waals surface area contributed by atoms with Crippen LogP contribution in [-0.4, -0.2) is 80.4 Å². The molecular formula is C10H27NO7PSi+. The van der Waals surface area contributed by atoms with Gasteiger partial charge in [0, 0.05) is 27.4 Å². The van der Waals surface area contributed by atoms with Gasteiger partial charge < -0.3 is 22.7 Å². The van der Waals surface area contributed by atoms with Crippen molar-refractivity contribution in [1.29, 1.82) is 0 Å². The lowest BCUT2D eigenvalue weighted by molar-refractivity contribution is -0.870. The second kappa shape index (κ2) is 8.57. The van der Waals surface area contributed by atoms with Crippen LogP contribution in [0.5, 0.6) is 0 Å². The SMILES string of the molecule is CO[Si](CCOP(=O)(O)OCC[N+](C)(C)C)(OC)OC. The molecule has 0 aliphatic carbocycles. The van der Waals surface area contributed by atoms with E-state index in [0.717, 1.165) is 0 Å². The van der Waals surface area contributed by atoms with Gasteiger partial charge in [0.15, 0.2) is 0 Å². The molecule has 1 unspecified atom stereocenters. The molecule has 0 saturated carbocycles. The van der Waals surface area contributed by atoms with Gasteiger partial charge in [0.25, 0.3) is 0 Å². The molecule has 0 radical (unpaired) electrons. The molecule has 0 aromatic rings. The lowest BCUT2D eigenvalue weighted by Crippen LogP contribution is -2.43. The summed E-state index contributed by atoms with van der Waals surface area (Å²) in [5.74, 6) is 0. The quantitative estimate of drug-likeness (QED) is 0.339. The van der Waals surface area contributed by atoms with E-state index in [9.17, 15) is 9.46 Å². The van der Waals surface area contributed by atoms with Crippen molar-refractivity contribution >= 4 is 16.6 Å². The molecule has 0 spiro atoms. The summed E-state index contributed by atoms with van der Waals surface area (Å²) < 4.78 is 37.6. The second-order valence-electron chi connectivity index (χ2n) is 5.19. The predicted molar refractivity (Wildman–Crippen MR) is 76.2 cm³/mol. The Kier molecular flexibility index (Phi) is 8.64. The number of nitrogens with zero attached hydrogens (tertiary/aromatic N) is 1. The third kappa shape index (κ3) is 8.45. The first-order valence-corrected chi connectivity index (χ1v) is 9.60. The minimum absolute atomic E-state index is 0.0418. The van der Waals surface area contributed by atoms with E-state index in [4.69, 9.17) is 22.3 Å². The van der Waals surface area contributed by atoms with E-state index in [-0.39, 0.29) is 19.3 Å². The molecule has 0 aromatic heterocycles. The van der Waals surface area contributed by atoms with Crippen molar-refractivity contribution in [1.82, 2.24) is 0 Å². The molecule has 1 atom stereocenters. The fourth-order valence-corrected chi connectivity index (χ4v) is 3.65. The molecule has 20 heavy (non-hydrogen) atoms. The van der Waals surface area contributed by atoms with Gasteiger partial charge in [-0.3, -0.25) is 9.05 Å². The van der Waals surface area contributed by atoms with Gasteiger partial charge in [-0.1, -0.05) is 0 Å². The van der Waals surface area contributed by atoms with Crippen molar-refractivity contribution in [2.75, 3.05) is 62.2 Å². The minimum Gasteiger partial charge on any atom is -0.377 e. The van der Waals surface area contributed by atoms with Gasteiger partial charge >= 0.3 is 16.6 Å². The molecule has 8 nitrogen and oxygen atoms in total. The van der Waals surface area contributed by atoms with E-state index >= 15 is 0 Å². The highest BCUT2D eigenvalue weighted by Gasteiger charge is 2.38. The van der Waals surface area contributed by atoms with Crippen molar-refractivity contribution < 1.29 is 36.3 Å². The first-order valence-electron chi connectivity index (χ1n) is 6.17. The van der Waals surface area contributed by atoms with E-state index in [0.29, 0.717) is 11.0 Å². The number of hydrogen-bond donors (Lipinski definition) is 1. The molecular weight excluding hydrogens is 305 g/mol. The van der Waals surface area contributed by atoms with Gasteiger partial charge in [0.05, 0.1) is 27.7 Å². The molecule has 0 heterocycles. The van der Waals surface area contributed by atoms with Gasteiger partial charge in [-0.2, -0.15) is 0 Å². The fraction of sp³-hybridized carbons (Fsp3) is 1.00. The molecule has 122 valence electrons. The number of quaternary nitrogens is 1. The van der Waals surface area contributed by atoms with E-state index in [1.54, 1.807) is 0 Å². The van der Waals surface area contributed by atoms with Gasteiger partial charge in [-0.05, 0) is 0 Å². The fourth-order valence-electron chi connectivity index (χ4n) is 1.31. The van der Waals surface area contributed by atoms with Crippen LogP contribution in [0.4, 0.5) is 0 Å². The van der Waals surface area contributed by atoms with E-state index in [2.05, 4.69) is 0 Å². The Morgan fingerprint density at radius 1 is 1.00 bits per heavy atom. The topological polar surface area (TPSA) is 83.5 Å². The van der Waals surface area contributed by atoms with Crippen LogP contribution in [0, 0.1) is 0 Å². The Bertz CT molecular complexity index is 311.